The fourth-order valence-electron chi connectivity index (χ4n) is 1.54. The Bertz CT molecular complexity index is 670. The molecule has 0 aliphatic heterocycles. The number of anilines is 1. The molecule has 1 heterocycles. The summed E-state index contributed by atoms with van der Waals surface area (Å²) in [5.41, 5.74) is 0. The summed E-state index contributed by atoms with van der Waals surface area (Å²) in [6.45, 7) is 1.52. The van der Waals surface area contributed by atoms with Crippen LogP contribution in [0.1, 0.15) is 16.6 Å². The smallest absolute Gasteiger partial charge is 0.345 e. The van der Waals surface area contributed by atoms with Gasteiger partial charge < -0.3 is 15.2 Å². The van der Waals surface area contributed by atoms with E-state index in [1.165, 1.54) is 37.3 Å². The summed E-state index contributed by atoms with van der Waals surface area (Å²) in [5.74, 6) is -1.71. The van der Waals surface area contributed by atoms with Crippen molar-refractivity contribution in [3.05, 3.63) is 47.1 Å². The van der Waals surface area contributed by atoms with Crippen LogP contribution in [-0.2, 0) is 4.79 Å². The molecule has 1 aromatic carbocycles. The van der Waals surface area contributed by atoms with E-state index in [1.807, 2.05) is 0 Å². The summed E-state index contributed by atoms with van der Waals surface area (Å²) in [5, 5.41) is 11.8. The minimum Gasteiger partial charge on any atom is -0.481 e. The highest BCUT2D eigenvalue weighted by molar-refractivity contribution is 7.18. The molecule has 1 amide bonds. The van der Waals surface area contributed by atoms with Crippen molar-refractivity contribution in [3.8, 4) is 5.75 Å². The molecule has 0 bridgehead atoms. The first kappa shape index (κ1) is 15.0. The third-order valence-corrected chi connectivity index (χ3v) is 3.53. The molecule has 0 radical (unpaired) electrons. The highest BCUT2D eigenvalue weighted by Gasteiger charge is 2.16. The standard InChI is InChI=1S/C14H12FNO4S/c1-8(20-10-4-2-3-9(15)7-10)13(17)16-12-6-5-11(21-12)14(18)19/h2-8H,1H3,(H,16,17)(H,18,19). The number of halogens is 1. The Labute approximate surface area is 124 Å². The maximum Gasteiger partial charge on any atom is 0.345 e. The molecular weight excluding hydrogens is 297 g/mol. The van der Waals surface area contributed by atoms with Gasteiger partial charge in [-0.1, -0.05) is 6.07 Å². The van der Waals surface area contributed by atoms with Crippen molar-refractivity contribution in [2.75, 3.05) is 5.32 Å². The molecule has 7 heteroatoms. The number of hydrogen-bond acceptors (Lipinski definition) is 4. The van der Waals surface area contributed by atoms with Gasteiger partial charge in [0, 0.05) is 6.07 Å². The average molecular weight is 309 g/mol. The molecule has 0 saturated heterocycles. The largest absolute Gasteiger partial charge is 0.481 e. The number of carbonyl (C=O) groups excluding carboxylic acids is 1. The summed E-state index contributed by atoms with van der Waals surface area (Å²) in [7, 11) is 0. The first-order valence-electron chi connectivity index (χ1n) is 6.02. The van der Waals surface area contributed by atoms with Crippen LogP contribution >= 0.6 is 11.3 Å². The second-order valence-electron chi connectivity index (χ2n) is 4.18. The van der Waals surface area contributed by atoms with E-state index in [9.17, 15) is 14.0 Å². The van der Waals surface area contributed by atoms with Crippen LogP contribution in [-0.4, -0.2) is 23.1 Å². The number of thiophene rings is 1. The first-order chi connectivity index (χ1) is 9.95. The second-order valence-corrected chi connectivity index (χ2v) is 5.26. The van der Waals surface area contributed by atoms with Gasteiger partial charge in [-0.2, -0.15) is 0 Å². The van der Waals surface area contributed by atoms with Crippen molar-refractivity contribution in [2.45, 2.75) is 13.0 Å². The Morgan fingerprint density at radius 3 is 2.71 bits per heavy atom. The Morgan fingerprint density at radius 2 is 2.10 bits per heavy atom. The average Bonchev–Trinajstić information content (AvgIpc) is 2.87. The van der Waals surface area contributed by atoms with E-state index in [4.69, 9.17) is 9.84 Å². The molecule has 0 fully saturated rings. The van der Waals surface area contributed by atoms with E-state index >= 15 is 0 Å². The number of nitrogens with one attached hydrogen (secondary N) is 1. The van der Waals surface area contributed by atoms with Gasteiger partial charge >= 0.3 is 5.97 Å². The van der Waals surface area contributed by atoms with Crippen molar-refractivity contribution >= 4 is 28.2 Å². The highest BCUT2D eigenvalue weighted by Crippen LogP contribution is 2.22. The van der Waals surface area contributed by atoms with Gasteiger partial charge in [0.1, 0.15) is 16.4 Å². The second kappa shape index (κ2) is 6.36. The molecule has 2 aromatic rings. The lowest BCUT2D eigenvalue weighted by Crippen LogP contribution is -2.29. The molecule has 110 valence electrons. The van der Waals surface area contributed by atoms with E-state index in [0.717, 1.165) is 11.3 Å². The Morgan fingerprint density at radius 1 is 1.33 bits per heavy atom. The molecule has 0 aliphatic carbocycles. The van der Waals surface area contributed by atoms with Gasteiger partial charge in [0.2, 0.25) is 0 Å². The van der Waals surface area contributed by atoms with Crippen LogP contribution in [0, 0.1) is 5.82 Å². The quantitative estimate of drug-likeness (QED) is 0.890. The zero-order chi connectivity index (χ0) is 15.4. The third kappa shape index (κ3) is 4.03. The van der Waals surface area contributed by atoms with Crippen molar-refractivity contribution in [1.82, 2.24) is 0 Å². The third-order valence-electron chi connectivity index (χ3n) is 2.54. The van der Waals surface area contributed by atoms with Crippen LogP contribution in [0.2, 0.25) is 0 Å². The lowest BCUT2D eigenvalue weighted by atomic mass is 10.3. The molecule has 0 aliphatic rings. The normalized spacial score (nSPS) is 11.7. The molecule has 1 atom stereocenters. The molecule has 2 N–H and O–H groups in total. The zero-order valence-electron chi connectivity index (χ0n) is 11.0. The number of amides is 1. The number of carboxylic acids is 1. The SMILES string of the molecule is CC(Oc1cccc(F)c1)C(=O)Nc1ccc(C(=O)O)s1. The van der Waals surface area contributed by atoms with Crippen LogP contribution in [0.3, 0.4) is 0 Å². The Hall–Kier alpha value is -2.41. The summed E-state index contributed by atoms with van der Waals surface area (Å²) in [6, 6.07) is 8.38. The van der Waals surface area contributed by atoms with Gasteiger partial charge in [-0.3, -0.25) is 4.79 Å². The molecule has 1 unspecified atom stereocenters. The van der Waals surface area contributed by atoms with E-state index in [0.29, 0.717) is 5.00 Å². The van der Waals surface area contributed by atoms with Crippen molar-refractivity contribution in [2.24, 2.45) is 0 Å². The Kier molecular flexibility index (Phi) is 4.54. The van der Waals surface area contributed by atoms with E-state index < -0.39 is 23.8 Å². The van der Waals surface area contributed by atoms with Crippen molar-refractivity contribution in [1.29, 1.82) is 0 Å². The monoisotopic (exact) mass is 309 g/mol. The molecule has 0 spiro atoms. The lowest BCUT2D eigenvalue weighted by Gasteiger charge is -2.13. The zero-order valence-corrected chi connectivity index (χ0v) is 11.8. The number of hydrogen-bond donors (Lipinski definition) is 2. The van der Waals surface area contributed by atoms with Crippen molar-refractivity contribution in [3.63, 3.8) is 0 Å². The van der Waals surface area contributed by atoms with Gasteiger partial charge in [0.15, 0.2) is 6.10 Å². The van der Waals surface area contributed by atoms with Crippen LogP contribution in [0.4, 0.5) is 9.39 Å². The number of benzene rings is 1. The van der Waals surface area contributed by atoms with E-state index in [1.54, 1.807) is 6.07 Å². The maximum absolute atomic E-state index is 13.0. The van der Waals surface area contributed by atoms with Gasteiger partial charge in [0.05, 0.1) is 5.00 Å². The predicted molar refractivity (Wildman–Crippen MR) is 76.4 cm³/mol. The maximum atomic E-state index is 13.0. The molecular formula is C14H12FNO4S. The fraction of sp³-hybridized carbons (Fsp3) is 0.143. The van der Waals surface area contributed by atoms with Gasteiger partial charge in [-0.15, -0.1) is 11.3 Å². The number of rotatable bonds is 5. The molecule has 5 nitrogen and oxygen atoms in total. The van der Waals surface area contributed by atoms with Gasteiger partial charge in [0.25, 0.3) is 5.91 Å². The number of carbonyl (C=O) groups is 2. The fourth-order valence-corrected chi connectivity index (χ4v) is 2.29. The molecule has 2 rings (SSSR count). The summed E-state index contributed by atoms with van der Waals surface area (Å²) in [4.78, 5) is 22.8. The number of ether oxygens (including phenoxy) is 1. The van der Waals surface area contributed by atoms with E-state index in [2.05, 4.69) is 5.32 Å². The lowest BCUT2D eigenvalue weighted by molar-refractivity contribution is -0.122. The predicted octanol–water partition coefficient (Wildman–Crippen LogP) is 2.99. The molecule has 21 heavy (non-hydrogen) atoms. The summed E-state index contributed by atoms with van der Waals surface area (Å²) < 4.78 is 18.3. The minimum absolute atomic E-state index is 0.129. The first-order valence-corrected chi connectivity index (χ1v) is 6.83. The number of aromatic carboxylic acids is 1. The van der Waals surface area contributed by atoms with Gasteiger partial charge in [-0.25, -0.2) is 9.18 Å². The summed E-state index contributed by atoms with van der Waals surface area (Å²) >= 11 is 0.948. The van der Waals surface area contributed by atoms with Crippen LogP contribution in [0.25, 0.3) is 0 Å². The topological polar surface area (TPSA) is 75.6 Å². The van der Waals surface area contributed by atoms with Gasteiger partial charge in [-0.05, 0) is 31.2 Å². The van der Waals surface area contributed by atoms with Crippen LogP contribution < -0.4 is 10.1 Å². The van der Waals surface area contributed by atoms with Crippen LogP contribution in [0.15, 0.2) is 36.4 Å². The summed E-state index contributed by atoms with van der Waals surface area (Å²) in [6.07, 6.45) is -0.845. The van der Waals surface area contributed by atoms with E-state index in [-0.39, 0.29) is 10.6 Å². The van der Waals surface area contributed by atoms with Crippen LogP contribution in [0.5, 0.6) is 5.75 Å². The number of carboxylic acid groups (broad SMARTS) is 1. The Balaban J connectivity index is 1.97. The minimum atomic E-state index is -1.05. The molecule has 1 aromatic heterocycles. The van der Waals surface area contributed by atoms with Crippen molar-refractivity contribution < 1.29 is 23.8 Å². The molecule has 0 saturated carbocycles. The highest BCUT2D eigenvalue weighted by atomic mass is 32.1.